The van der Waals surface area contributed by atoms with Crippen molar-refractivity contribution in [3.05, 3.63) is 83.9 Å². The molecule has 0 aromatic heterocycles. The fourth-order valence-electron chi connectivity index (χ4n) is 4.18. The summed E-state index contributed by atoms with van der Waals surface area (Å²) < 4.78 is 17.4. The van der Waals surface area contributed by atoms with Gasteiger partial charge in [-0.1, -0.05) is 42.5 Å². The van der Waals surface area contributed by atoms with Gasteiger partial charge in [0.15, 0.2) is 0 Å². The first-order chi connectivity index (χ1) is 16.9. The standard InChI is InChI=1S/C27H28BNO6/c1-19(30)17-29(2)18-27(31)35-28(32)20-11-13-22(14-12-20)34-26-16-15-24-23(26)9-6-10-25(24)33-21-7-4-3-5-8-21/h3-14,26,32H,15-18H2,1-2H3. The summed E-state index contributed by atoms with van der Waals surface area (Å²) in [6.07, 6.45) is 1.59. The Kier molecular flexibility index (Phi) is 7.85. The van der Waals surface area contributed by atoms with E-state index in [1.165, 1.54) is 11.8 Å². The van der Waals surface area contributed by atoms with Gasteiger partial charge in [-0.05, 0) is 68.2 Å². The lowest BCUT2D eigenvalue weighted by molar-refractivity contribution is -0.136. The summed E-state index contributed by atoms with van der Waals surface area (Å²) in [5.41, 5.74) is 2.69. The van der Waals surface area contributed by atoms with Crippen LogP contribution in [0.2, 0.25) is 0 Å². The molecule has 0 spiro atoms. The predicted octanol–water partition coefficient (Wildman–Crippen LogP) is 3.30. The molecule has 0 bridgehead atoms. The summed E-state index contributed by atoms with van der Waals surface area (Å²) in [7, 11) is 0.242. The quantitative estimate of drug-likeness (QED) is 0.453. The third-order valence-electron chi connectivity index (χ3n) is 5.72. The molecule has 1 atom stereocenters. The zero-order valence-electron chi connectivity index (χ0n) is 19.8. The Bertz CT molecular complexity index is 1170. The molecule has 4 rings (SSSR count). The first-order valence-electron chi connectivity index (χ1n) is 11.6. The van der Waals surface area contributed by atoms with E-state index in [9.17, 15) is 14.6 Å². The monoisotopic (exact) mass is 473 g/mol. The van der Waals surface area contributed by atoms with Crippen molar-refractivity contribution in [3.8, 4) is 17.2 Å². The third-order valence-corrected chi connectivity index (χ3v) is 5.72. The molecule has 180 valence electrons. The van der Waals surface area contributed by atoms with E-state index in [4.69, 9.17) is 14.1 Å². The second-order valence-electron chi connectivity index (χ2n) is 8.67. The smallest absolute Gasteiger partial charge is 0.505 e. The van der Waals surface area contributed by atoms with Crippen LogP contribution in [0.1, 0.15) is 30.6 Å². The number of ether oxygens (including phenoxy) is 2. The maximum Gasteiger partial charge on any atom is 0.561 e. The molecule has 3 aromatic carbocycles. The van der Waals surface area contributed by atoms with Crippen molar-refractivity contribution in [2.75, 3.05) is 20.1 Å². The number of benzene rings is 3. The molecule has 8 heteroatoms. The van der Waals surface area contributed by atoms with Gasteiger partial charge in [0, 0.05) is 5.56 Å². The van der Waals surface area contributed by atoms with Crippen molar-refractivity contribution in [2.24, 2.45) is 0 Å². The number of carbonyl (C=O) groups is 2. The molecule has 1 aliphatic carbocycles. The van der Waals surface area contributed by atoms with Gasteiger partial charge in [0.25, 0.3) is 0 Å². The largest absolute Gasteiger partial charge is 0.561 e. The molecule has 1 unspecified atom stereocenters. The van der Waals surface area contributed by atoms with Gasteiger partial charge in [-0.25, -0.2) is 0 Å². The summed E-state index contributed by atoms with van der Waals surface area (Å²) in [6, 6.07) is 22.5. The van der Waals surface area contributed by atoms with Gasteiger partial charge in [0.2, 0.25) is 0 Å². The molecule has 0 heterocycles. The molecular formula is C27H28BNO6. The van der Waals surface area contributed by atoms with Crippen LogP contribution in [0, 0.1) is 0 Å². The molecule has 7 nitrogen and oxygen atoms in total. The minimum atomic E-state index is -1.40. The molecule has 0 saturated carbocycles. The van der Waals surface area contributed by atoms with Crippen LogP contribution in [-0.4, -0.2) is 48.9 Å². The van der Waals surface area contributed by atoms with Gasteiger partial charge in [0.05, 0.1) is 13.1 Å². The van der Waals surface area contributed by atoms with Gasteiger partial charge in [-0.3, -0.25) is 14.5 Å². The predicted molar refractivity (Wildman–Crippen MR) is 133 cm³/mol. The van der Waals surface area contributed by atoms with Crippen LogP contribution >= 0.6 is 0 Å². The number of likely N-dealkylation sites (N-methyl/N-ethyl adjacent to an activating group) is 1. The molecule has 0 aliphatic heterocycles. The van der Waals surface area contributed by atoms with Gasteiger partial charge >= 0.3 is 13.1 Å². The fraction of sp³-hybridized carbons (Fsp3) is 0.259. The normalized spacial score (nSPS) is 14.3. The Hall–Kier alpha value is -3.62. The van der Waals surface area contributed by atoms with E-state index in [1.54, 1.807) is 31.3 Å². The topological polar surface area (TPSA) is 85.3 Å². The Morgan fingerprint density at radius 2 is 1.71 bits per heavy atom. The molecule has 0 amide bonds. The molecule has 1 aliphatic rings. The van der Waals surface area contributed by atoms with Crippen LogP contribution < -0.4 is 14.9 Å². The lowest BCUT2D eigenvalue weighted by atomic mass is 9.79. The van der Waals surface area contributed by atoms with E-state index in [-0.39, 0.29) is 25.0 Å². The minimum absolute atomic E-state index is 0.0544. The van der Waals surface area contributed by atoms with Crippen molar-refractivity contribution in [3.63, 3.8) is 0 Å². The average molecular weight is 473 g/mol. The summed E-state index contributed by atoms with van der Waals surface area (Å²) in [4.78, 5) is 24.7. The Morgan fingerprint density at radius 3 is 2.43 bits per heavy atom. The zero-order chi connectivity index (χ0) is 24.8. The van der Waals surface area contributed by atoms with Crippen LogP contribution in [0.25, 0.3) is 0 Å². The van der Waals surface area contributed by atoms with Crippen LogP contribution in [0.4, 0.5) is 0 Å². The summed E-state index contributed by atoms with van der Waals surface area (Å²) in [5.74, 6) is 1.62. The molecule has 1 N–H and O–H groups in total. The van der Waals surface area contributed by atoms with Gasteiger partial charge in [0.1, 0.15) is 29.1 Å². The van der Waals surface area contributed by atoms with Crippen molar-refractivity contribution in [1.29, 1.82) is 0 Å². The van der Waals surface area contributed by atoms with Crippen LogP contribution in [0.15, 0.2) is 72.8 Å². The third kappa shape index (κ3) is 6.50. The Balaban J connectivity index is 1.36. The highest BCUT2D eigenvalue weighted by Crippen LogP contribution is 2.40. The first-order valence-corrected chi connectivity index (χ1v) is 11.6. The highest BCUT2D eigenvalue weighted by molar-refractivity contribution is 6.61. The van der Waals surface area contributed by atoms with Gasteiger partial charge in [-0.15, -0.1) is 0 Å². The molecule has 3 aromatic rings. The number of para-hydroxylation sites is 1. The first kappa shape index (κ1) is 24.5. The number of rotatable bonds is 10. The van der Waals surface area contributed by atoms with Crippen molar-refractivity contribution < 1.29 is 28.7 Å². The molecular weight excluding hydrogens is 445 g/mol. The highest BCUT2D eigenvalue weighted by atomic mass is 16.6. The average Bonchev–Trinajstić information content (AvgIpc) is 3.23. The number of hydrogen-bond acceptors (Lipinski definition) is 7. The maximum atomic E-state index is 12.0. The van der Waals surface area contributed by atoms with Gasteiger partial charge in [-0.2, -0.15) is 0 Å². The van der Waals surface area contributed by atoms with Crippen LogP contribution in [-0.2, 0) is 20.7 Å². The minimum Gasteiger partial charge on any atom is -0.505 e. The van der Waals surface area contributed by atoms with Gasteiger partial charge < -0.3 is 19.2 Å². The van der Waals surface area contributed by atoms with E-state index in [2.05, 4.69) is 6.07 Å². The second kappa shape index (κ2) is 11.2. The van der Waals surface area contributed by atoms with Crippen LogP contribution in [0.5, 0.6) is 17.2 Å². The number of hydrogen-bond donors (Lipinski definition) is 1. The zero-order valence-corrected chi connectivity index (χ0v) is 19.8. The summed E-state index contributed by atoms with van der Waals surface area (Å²) in [5, 5.41) is 10.3. The maximum absolute atomic E-state index is 12.0. The molecule has 0 fully saturated rings. The van der Waals surface area contributed by atoms with Crippen molar-refractivity contribution in [2.45, 2.75) is 25.9 Å². The van der Waals surface area contributed by atoms with Crippen molar-refractivity contribution >= 4 is 24.3 Å². The summed E-state index contributed by atoms with van der Waals surface area (Å²) in [6.45, 7) is 1.50. The number of nitrogens with zero attached hydrogens (tertiary/aromatic N) is 1. The Morgan fingerprint density at radius 1 is 0.971 bits per heavy atom. The number of Topliss-reactive ketones (excluding diaryl/α,β-unsaturated/α-hetero) is 1. The summed E-state index contributed by atoms with van der Waals surface area (Å²) >= 11 is 0. The number of carbonyl (C=O) groups excluding carboxylic acids is 2. The number of ketones is 1. The number of fused-ring (bicyclic) bond motifs is 1. The second-order valence-corrected chi connectivity index (χ2v) is 8.67. The lowest BCUT2D eigenvalue weighted by Crippen LogP contribution is -2.39. The van der Waals surface area contributed by atoms with E-state index in [1.807, 2.05) is 42.5 Å². The molecule has 0 radical (unpaired) electrons. The van der Waals surface area contributed by atoms with E-state index in [0.29, 0.717) is 11.2 Å². The lowest BCUT2D eigenvalue weighted by Gasteiger charge is -2.17. The van der Waals surface area contributed by atoms with Crippen LogP contribution in [0.3, 0.4) is 0 Å². The molecule has 35 heavy (non-hydrogen) atoms. The Labute approximate surface area is 205 Å². The molecule has 0 saturated heterocycles. The SMILES string of the molecule is CC(=O)CN(C)CC(=O)OB(O)c1ccc(OC2CCc3c(Oc4ccccc4)cccc32)cc1. The van der Waals surface area contributed by atoms with E-state index >= 15 is 0 Å². The van der Waals surface area contributed by atoms with Crippen molar-refractivity contribution in [1.82, 2.24) is 4.90 Å². The van der Waals surface area contributed by atoms with E-state index in [0.717, 1.165) is 35.5 Å². The van der Waals surface area contributed by atoms with E-state index < -0.39 is 13.1 Å². The highest BCUT2D eigenvalue weighted by Gasteiger charge is 2.28. The fourth-order valence-corrected chi connectivity index (χ4v) is 4.18.